The average Bonchev–Trinajstić information content (AvgIpc) is 2.61. The molecule has 1 heterocycles. The van der Waals surface area contributed by atoms with Gasteiger partial charge in [0.1, 0.15) is 5.82 Å². The summed E-state index contributed by atoms with van der Waals surface area (Å²) in [5.41, 5.74) is 3.31. The number of para-hydroxylation sites is 1. The first-order valence-corrected chi connectivity index (χ1v) is 9.68. The lowest BCUT2D eigenvalue weighted by Gasteiger charge is -2.43. The molecule has 0 radical (unpaired) electrons. The predicted octanol–water partition coefficient (Wildman–Crippen LogP) is 5.30. The van der Waals surface area contributed by atoms with Gasteiger partial charge in [-0.3, -0.25) is 14.5 Å². The number of rotatable bonds is 2. The number of nitrogens with zero attached hydrogens (tertiary/aromatic N) is 1. The number of aryl methyl sites for hydroxylation is 1. The number of anilines is 1. The fraction of sp³-hybridized carbons (Fsp3) is 0.333. The molecule has 1 unspecified atom stereocenters. The van der Waals surface area contributed by atoms with E-state index in [-0.39, 0.29) is 29.3 Å². The molecular weight excluding hydrogens is 353 g/mol. The van der Waals surface area contributed by atoms with Gasteiger partial charge in [-0.25, -0.2) is 4.39 Å². The fourth-order valence-electron chi connectivity index (χ4n) is 4.53. The fourth-order valence-corrected chi connectivity index (χ4v) is 4.53. The Labute approximate surface area is 164 Å². The maximum atomic E-state index is 14.6. The van der Waals surface area contributed by atoms with Crippen molar-refractivity contribution in [1.29, 1.82) is 0 Å². The van der Waals surface area contributed by atoms with E-state index in [0.717, 1.165) is 16.9 Å². The Kier molecular flexibility index (Phi) is 4.45. The predicted molar refractivity (Wildman–Crippen MR) is 107 cm³/mol. The normalized spacial score (nSPS) is 21.7. The van der Waals surface area contributed by atoms with Crippen LogP contribution in [0.3, 0.4) is 0 Å². The minimum absolute atomic E-state index is 0.0191. The summed E-state index contributed by atoms with van der Waals surface area (Å²) in [5.74, 6) is -0.959. The van der Waals surface area contributed by atoms with E-state index in [2.05, 4.69) is 0 Å². The van der Waals surface area contributed by atoms with Gasteiger partial charge in [0.05, 0.1) is 5.69 Å². The molecule has 1 atom stereocenters. The lowest BCUT2D eigenvalue weighted by Crippen LogP contribution is -2.44. The summed E-state index contributed by atoms with van der Waals surface area (Å²) in [6, 6.07) is 14.2. The van der Waals surface area contributed by atoms with Crippen LogP contribution >= 0.6 is 0 Å². The molecule has 28 heavy (non-hydrogen) atoms. The number of allylic oxidation sites excluding steroid dienone is 2. The first kappa shape index (κ1) is 18.6. The Balaban J connectivity index is 1.94. The SMILES string of the molecule is Cc1ccccc1N1C(=O)CC(c2ccccc2F)C2=C1CC(C)(C)CC2=O. The van der Waals surface area contributed by atoms with Crippen LogP contribution in [0, 0.1) is 18.2 Å². The highest BCUT2D eigenvalue weighted by molar-refractivity contribution is 6.08. The van der Waals surface area contributed by atoms with Crippen molar-refractivity contribution in [3.05, 3.63) is 76.7 Å². The lowest BCUT2D eigenvalue weighted by molar-refractivity contribution is -0.121. The van der Waals surface area contributed by atoms with Crippen molar-refractivity contribution >= 4 is 17.4 Å². The van der Waals surface area contributed by atoms with Gasteiger partial charge in [0, 0.05) is 30.0 Å². The van der Waals surface area contributed by atoms with Crippen molar-refractivity contribution in [2.45, 2.75) is 46.0 Å². The zero-order chi connectivity index (χ0) is 20.1. The Morgan fingerprint density at radius 1 is 1.00 bits per heavy atom. The molecule has 0 fully saturated rings. The van der Waals surface area contributed by atoms with Gasteiger partial charge >= 0.3 is 0 Å². The molecule has 1 aliphatic heterocycles. The molecule has 2 aromatic rings. The van der Waals surface area contributed by atoms with Gasteiger partial charge in [-0.2, -0.15) is 0 Å². The largest absolute Gasteiger partial charge is 0.294 e. The molecule has 2 aromatic carbocycles. The molecule has 4 heteroatoms. The summed E-state index contributed by atoms with van der Waals surface area (Å²) in [6.07, 6.45) is 1.12. The van der Waals surface area contributed by atoms with Gasteiger partial charge in [0.25, 0.3) is 0 Å². The summed E-state index contributed by atoms with van der Waals surface area (Å²) in [7, 11) is 0. The molecule has 1 amide bonds. The van der Waals surface area contributed by atoms with Crippen LogP contribution in [0.1, 0.15) is 50.2 Å². The third-order valence-corrected chi connectivity index (χ3v) is 5.78. The Morgan fingerprint density at radius 3 is 2.39 bits per heavy atom. The Bertz CT molecular complexity index is 1010. The van der Waals surface area contributed by atoms with Gasteiger partial charge in [-0.15, -0.1) is 0 Å². The topological polar surface area (TPSA) is 37.4 Å². The molecule has 0 aromatic heterocycles. The van der Waals surface area contributed by atoms with Crippen LogP contribution in [-0.2, 0) is 9.59 Å². The highest BCUT2D eigenvalue weighted by atomic mass is 19.1. The minimum atomic E-state index is -0.521. The molecular formula is C24H24FNO2. The number of carbonyl (C=O) groups is 2. The number of carbonyl (C=O) groups excluding carboxylic acids is 2. The van der Waals surface area contributed by atoms with Gasteiger partial charge in [-0.05, 0) is 42.0 Å². The molecule has 0 N–H and O–H groups in total. The first-order valence-electron chi connectivity index (χ1n) is 9.68. The van der Waals surface area contributed by atoms with E-state index < -0.39 is 5.92 Å². The molecule has 0 saturated heterocycles. The van der Waals surface area contributed by atoms with E-state index >= 15 is 0 Å². The highest BCUT2D eigenvalue weighted by Crippen LogP contribution is 2.48. The van der Waals surface area contributed by atoms with E-state index in [9.17, 15) is 14.0 Å². The van der Waals surface area contributed by atoms with Crippen molar-refractivity contribution in [2.24, 2.45) is 5.41 Å². The van der Waals surface area contributed by atoms with E-state index in [4.69, 9.17) is 0 Å². The minimum Gasteiger partial charge on any atom is -0.294 e. The third kappa shape index (κ3) is 3.07. The average molecular weight is 377 g/mol. The third-order valence-electron chi connectivity index (χ3n) is 5.78. The number of hydrogen-bond acceptors (Lipinski definition) is 2. The van der Waals surface area contributed by atoms with Crippen LogP contribution in [0.25, 0.3) is 0 Å². The summed E-state index contributed by atoms with van der Waals surface area (Å²) in [4.78, 5) is 28.2. The lowest BCUT2D eigenvalue weighted by atomic mass is 9.69. The van der Waals surface area contributed by atoms with E-state index in [1.165, 1.54) is 6.07 Å². The second-order valence-electron chi connectivity index (χ2n) is 8.60. The van der Waals surface area contributed by atoms with Crippen LogP contribution < -0.4 is 4.90 Å². The van der Waals surface area contributed by atoms with Crippen molar-refractivity contribution in [1.82, 2.24) is 0 Å². The van der Waals surface area contributed by atoms with Gasteiger partial charge in [0.15, 0.2) is 5.78 Å². The number of ketones is 1. The number of hydrogen-bond donors (Lipinski definition) is 0. The van der Waals surface area contributed by atoms with Crippen molar-refractivity contribution in [3.8, 4) is 0 Å². The zero-order valence-electron chi connectivity index (χ0n) is 16.5. The molecule has 0 spiro atoms. The standard InChI is InChI=1S/C24H24FNO2/c1-15-8-4-7-11-19(15)26-20-13-24(2,3)14-21(27)23(20)17(12-22(26)28)16-9-5-6-10-18(16)25/h4-11,17H,12-14H2,1-3H3. The smallest absolute Gasteiger partial charge is 0.232 e. The van der Waals surface area contributed by atoms with Crippen LogP contribution in [0.15, 0.2) is 59.8 Å². The second-order valence-corrected chi connectivity index (χ2v) is 8.60. The van der Waals surface area contributed by atoms with Crippen LogP contribution in [0.4, 0.5) is 10.1 Å². The van der Waals surface area contributed by atoms with Gasteiger partial charge in [0.2, 0.25) is 5.91 Å². The Hall–Kier alpha value is -2.75. The van der Waals surface area contributed by atoms with Crippen molar-refractivity contribution < 1.29 is 14.0 Å². The highest BCUT2D eigenvalue weighted by Gasteiger charge is 2.45. The Morgan fingerprint density at radius 2 is 1.68 bits per heavy atom. The van der Waals surface area contributed by atoms with E-state index in [1.807, 2.05) is 45.0 Å². The molecule has 2 aliphatic rings. The summed E-state index contributed by atoms with van der Waals surface area (Å²) >= 11 is 0. The van der Waals surface area contributed by atoms with Crippen molar-refractivity contribution in [3.63, 3.8) is 0 Å². The maximum Gasteiger partial charge on any atom is 0.232 e. The first-order chi connectivity index (χ1) is 13.3. The molecule has 0 bridgehead atoms. The quantitative estimate of drug-likeness (QED) is 0.712. The maximum absolute atomic E-state index is 14.6. The summed E-state index contributed by atoms with van der Waals surface area (Å²) < 4.78 is 14.6. The van der Waals surface area contributed by atoms with E-state index in [0.29, 0.717) is 24.0 Å². The van der Waals surface area contributed by atoms with Gasteiger partial charge in [-0.1, -0.05) is 50.2 Å². The number of amides is 1. The second kappa shape index (κ2) is 6.69. The molecule has 4 rings (SSSR count). The van der Waals surface area contributed by atoms with E-state index in [1.54, 1.807) is 23.1 Å². The van der Waals surface area contributed by atoms with Crippen LogP contribution in [0.5, 0.6) is 0 Å². The van der Waals surface area contributed by atoms with Gasteiger partial charge < -0.3 is 0 Å². The molecule has 3 nitrogen and oxygen atoms in total. The molecule has 144 valence electrons. The number of Topliss-reactive ketones (excluding diaryl/α,β-unsaturated/α-hetero) is 1. The number of halogens is 1. The summed E-state index contributed by atoms with van der Waals surface area (Å²) in [5, 5.41) is 0. The van der Waals surface area contributed by atoms with Crippen molar-refractivity contribution in [2.75, 3.05) is 4.90 Å². The number of benzene rings is 2. The molecule has 0 saturated carbocycles. The monoisotopic (exact) mass is 377 g/mol. The zero-order valence-corrected chi connectivity index (χ0v) is 16.5. The van der Waals surface area contributed by atoms with Crippen LogP contribution in [0.2, 0.25) is 0 Å². The van der Waals surface area contributed by atoms with Crippen LogP contribution in [-0.4, -0.2) is 11.7 Å². The molecule has 1 aliphatic carbocycles. The summed E-state index contributed by atoms with van der Waals surface area (Å²) in [6.45, 7) is 6.05.